The summed E-state index contributed by atoms with van der Waals surface area (Å²) in [6, 6.07) is 10.6. The molecule has 0 bridgehead atoms. The van der Waals surface area contributed by atoms with E-state index in [4.69, 9.17) is 0 Å². The Hall–Kier alpha value is -2.63. The molecule has 4 rings (SSSR count). The van der Waals surface area contributed by atoms with Crippen LogP contribution in [0, 0.1) is 5.92 Å². The van der Waals surface area contributed by atoms with E-state index in [0.29, 0.717) is 24.6 Å². The van der Waals surface area contributed by atoms with Crippen LogP contribution in [0.2, 0.25) is 0 Å². The predicted molar refractivity (Wildman–Crippen MR) is 102 cm³/mol. The standard InChI is InChI=1S/C21H26N4O2/c1-23-15-22-13-19(23)21(27)24-11-10-18-17(14-24)7-8-20(26)25(18)12-9-16-5-3-2-4-6-16/h2-6,13,15,17-18H,7-12,14H2,1H3/t17-,18+/m0/s1. The number of piperidine rings is 2. The lowest BCUT2D eigenvalue weighted by molar-refractivity contribution is -0.140. The van der Waals surface area contributed by atoms with Crippen LogP contribution in [-0.4, -0.2) is 56.8 Å². The monoisotopic (exact) mass is 366 g/mol. The second-order valence-electron chi connectivity index (χ2n) is 7.62. The van der Waals surface area contributed by atoms with E-state index in [2.05, 4.69) is 22.0 Å². The minimum atomic E-state index is 0.0428. The fourth-order valence-electron chi connectivity index (χ4n) is 4.45. The SMILES string of the molecule is Cn1cncc1C(=O)N1CC[C@@H]2[C@@H](CCC(=O)N2CCc2ccccc2)C1. The molecule has 27 heavy (non-hydrogen) atoms. The molecule has 2 saturated heterocycles. The van der Waals surface area contributed by atoms with Crippen LogP contribution in [0.15, 0.2) is 42.9 Å². The van der Waals surface area contributed by atoms with Crippen molar-refractivity contribution in [3.63, 3.8) is 0 Å². The first kappa shape index (κ1) is 17.8. The van der Waals surface area contributed by atoms with Crippen molar-refractivity contribution in [3.05, 3.63) is 54.1 Å². The van der Waals surface area contributed by atoms with E-state index in [-0.39, 0.29) is 17.9 Å². The molecule has 6 heteroatoms. The van der Waals surface area contributed by atoms with E-state index in [1.807, 2.05) is 30.1 Å². The molecule has 1 aromatic carbocycles. The first-order chi connectivity index (χ1) is 13.1. The van der Waals surface area contributed by atoms with Gasteiger partial charge in [0.05, 0.1) is 12.5 Å². The minimum absolute atomic E-state index is 0.0428. The van der Waals surface area contributed by atoms with Crippen molar-refractivity contribution >= 4 is 11.8 Å². The van der Waals surface area contributed by atoms with Gasteiger partial charge in [-0.1, -0.05) is 30.3 Å². The fourth-order valence-corrected chi connectivity index (χ4v) is 4.45. The molecule has 6 nitrogen and oxygen atoms in total. The van der Waals surface area contributed by atoms with Gasteiger partial charge in [-0.05, 0) is 30.7 Å². The molecule has 0 spiro atoms. The molecule has 2 amide bonds. The highest BCUT2D eigenvalue weighted by molar-refractivity contribution is 5.92. The Balaban J connectivity index is 1.42. The fraction of sp³-hybridized carbons (Fsp3) is 0.476. The number of carbonyl (C=O) groups excluding carboxylic acids is 2. The molecule has 1 aromatic heterocycles. The second kappa shape index (κ2) is 7.55. The Morgan fingerprint density at radius 1 is 1.22 bits per heavy atom. The van der Waals surface area contributed by atoms with Crippen molar-refractivity contribution in [3.8, 4) is 0 Å². The van der Waals surface area contributed by atoms with Gasteiger partial charge in [-0.3, -0.25) is 9.59 Å². The summed E-state index contributed by atoms with van der Waals surface area (Å²) in [5.41, 5.74) is 1.89. The molecule has 0 N–H and O–H groups in total. The number of carbonyl (C=O) groups is 2. The lowest BCUT2D eigenvalue weighted by Gasteiger charge is -2.47. The lowest BCUT2D eigenvalue weighted by Crippen LogP contribution is -2.57. The Labute approximate surface area is 159 Å². The van der Waals surface area contributed by atoms with Crippen LogP contribution in [0.25, 0.3) is 0 Å². The van der Waals surface area contributed by atoms with Gasteiger partial charge in [0.1, 0.15) is 5.69 Å². The zero-order chi connectivity index (χ0) is 18.8. The second-order valence-corrected chi connectivity index (χ2v) is 7.62. The molecule has 2 aliphatic rings. The van der Waals surface area contributed by atoms with Gasteiger partial charge in [-0.2, -0.15) is 0 Å². The van der Waals surface area contributed by atoms with Gasteiger partial charge in [-0.25, -0.2) is 4.98 Å². The third kappa shape index (κ3) is 3.61. The summed E-state index contributed by atoms with van der Waals surface area (Å²) in [5.74, 6) is 0.671. The van der Waals surface area contributed by atoms with Gasteiger partial charge < -0.3 is 14.4 Å². The molecule has 0 unspecified atom stereocenters. The number of imidazole rings is 1. The smallest absolute Gasteiger partial charge is 0.272 e. The highest BCUT2D eigenvalue weighted by Gasteiger charge is 2.40. The minimum Gasteiger partial charge on any atom is -0.339 e. The average Bonchev–Trinajstić information content (AvgIpc) is 3.13. The Morgan fingerprint density at radius 3 is 2.78 bits per heavy atom. The van der Waals surface area contributed by atoms with Crippen molar-refractivity contribution in [1.29, 1.82) is 0 Å². The summed E-state index contributed by atoms with van der Waals surface area (Å²) >= 11 is 0. The van der Waals surface area contributed by atoms with Crippen LogP contribution in [0.5, 0.6) is 0 Å². The van der Waals surface area contributed by atoms with Crippen LogP contribution in [0.1, 0.15) is 35.3 Å². The van der Waals surface area contributed by atoms with Crippen molar-refractivity contribution in [1.82, 2.24) is 19.4 Å². The van der Waals surface area contributed by atoms with E-state index in [9.17, 15) is 9.59 Å². The van der Waals surface area contributed by atoms with Crippen LogP contribution < -0.4 is 0 Å². The lowest BCUT2D eigenvalue weighted by atomic mass is 9.83. The molecular formula is C21H26N4O2. The Bertz CT molecular complexity index is 817. The summed E-state index contributed by atoms with van der Waals surface area (Å²) in [4.78, 5) is 33.4. The Morgan fingerprint density at radius 2 is 2.04 bits per heavy atom. The number of aryl methyl sites for hydroxylation is 1. The first-order valence-corrected chi connectivity index (χ1v) is 9.72. The van der Waals surface area contributed by atoms with Crippen LogP contribution >= 0.6 is 0 Å². The molecule has 2 aromatic rings. The number of aromatic nitrogens is 2. The van der Waals surface area contributed by atoms with Crippen molar-refractivity contribution in [2.24, 2.45) is 13.0 Å². The third-order valence-corrected chi connectivity index (χ3v) is 5.95. The molecule has 0 aliphatic carbocycles. The molecule has 0 saturated carbocycles. The van der Waals surface area contributed by atoms with Crippen molar-refractivity contribution in [2.45, 2.75) is 31.7 Å². The molecule has 142 valence electrons. The molecule has 0 radical (unpaired) electrons. The number of rotatable bonds is 4. The Kier molecular flexibility index (Phi) is 4.97. The summed E-state index contributed by atoms with van der Waals surface area (Å²) in [5, 5.41) is 0. The maximum absolute atomic E-state index is 12.8. The highest BCUT2D eigenvalue weighted by atomic mass is 16.2. The molecular weight excluding hydrogens is 340 g/mol. The number of nitrogens with zero attached hydrogens (tertiary/aromatic N) is 4. The average molecular weight is 366 g/mol. The largest absolute Gasteiger partial charge is 0.339 e. The summed E-state index contributed by atoms with van der Waals surface area (Å²) in [6.07, 6.45) is 6.49. The maximum Gasteiger partial charge on any atom is 0.272 e. The van der Waals surface area contributed by atoms with Crippen molar-refractivity contribution < 1.29 is 9.59 Å². The van der Waals surface area contributed by atoms with Gasteiger partial charge in [0.25, 0.3) is 5.91 Å². The number of likely N-dealkylation sites (tertiary alicyclic amines) is 2. The topological polar surface area (TPSA) is 58.4 Å². The number of hydrogen-bond acceptors (Lipinski definition) is 3. The van der Waals surface area contributed by atoms with Crippen molar-refractivity contribution in [2.75, 3.05) is 19.6 Å². The number of amides is 2. The van der Waals surface area contributed by atoms with E-state index in [1.165, 1.54) is 5.56 Å². The zero-order valence-corrected chi connectivity index (χ0v) is 15.8. The zero-order valence-electron chi connectivity index (χ0n) is 15.8. The van der Waals surface area contributed by atoms with Gasteiger partial charge >= 0.3 is 0 Å². The number of benzene rings is 1. The molecule has 2 aliphatic heterocycles. The van der Waals surface area contributed by atoms with Crippen LogP contribution in [0.4, 0.5) is 0 Å². The van der Waals surface area contributed by atoms with Gasteiger partial charge in [-0.15, -0.1) is 0 Å². The summed E-state index contributed by atoms with van der Waals surface area (Å²) in [7, 11) is 1.84. The summed E-state index contributed by atoms with van der Waals surface area (Å²) < 4.78 is 1.77. The summed E-state index contributed by atoms with van der Waals surface area (Å²) in [6.45, 7) is 2.18. The van der Waals surface area contributed by atoms with E-state index < -0.39 is 0 Å². The van der Waals surface area contributed by atoms with Gasteiger partial charge in [0, 0.05) is 39.1 Å². The maximum atomic E-state index is 12.8. The van der Waals surface area contributed by atoms with E-state index in [0.717, 1.165) is 32.4 Å². The predicted octanol–water partition coefficient (Wildman–Crippen LogP) is 2.12. The first-order valence-electron chi connectivity index (χ1n) is 9.72. The van der Waals surface area contributed by atoms with Gasteiger partial charge in [0.15, 0.2) is 0 Å². The molecule has 2 atom stereocenters. The number of fused-ring (bicyclic) bond motifs is 1. The number of hydrogen-bond donors (Lipinski definition) is 0. The van der Waals surface area contributed by atoms with E-state index in [1.54, 1.807) is 17.1 Å². The molecule has 2 fully saturated rings. The molecule has 3 heterocycles. The normalized spacial score (nSPS) is 22.6. The highest BCUT2D eigenvalue weighted by Crippen LogP contribution is 2.32. The quantitative estimate of drug-likeness (QED) is 0.833. The van der Waals surface area contributed by atoms with E-state index >= 15 is 0 Å². The third-order valence-electron chi connectivity index (χ3n) is 5.95. The van der Waals surface area contributed by atoms with Crippen LogP contribution in [0.3, 0.4) is 0 Å². The van der Waals surface area contributed by atoms with Crippen LogP contribution in [-0.2, 0) is 18.3 Å². The van der Waals surface area contributed by atoms with Gasteiger partial charge in [0.2, 0.25) is 5.91 Å².